The van der Waals surface area contributed by atoms with Crippen molar-refractivity contribution in [2.45, 2.75) is 106 Å². The number of rotatable bonds is 12. The van der Waals surface area contributed by atoms with Crippen molar-refractivity contribution in [3.63, 3.8) is 0 Å². The summed E-state index contributed by atoms with van der Waals surface area (Å²) in [7, 11) is 0. The molecule has 0 aromatic carbocycles. The van der Waals surface area contributed by atoms with Gasteiger partial charge in [0.15, 0.2) is 5.78 Å². The second-order valence-corrected chi connectivity index (χ2v) is 9.98. The molecule has 0 aromatic heterocycles. The van der Waals surface area contributed by atoms with Crippen LogP contribution in [0.2, 0.25) is 0 Å². The minimum atomic E-state index is -0.623. The number of carbonyl (C=O) groups is 1. The highest BCUT2D eigenvalue weighted by molar-refractivity contribution is 5.87. The quantitative estimate of drug-likeness (QED) is 0.357. The largest absolute Gasteiger partial charge is 0.369 e. The van der Waals surface area contributed by atoms with Crippen molar-refractivity contribution in [3.8, 4) is 6.07 Å². The Bertz CT molecular complexity index is 607. The number of unbranched alkanes of at least 4 members (excludes halogenated alkanes) is 1. The van der Waals surface area contributed by atoms with E-state index in [4.69, 9.17) is 0 Å². The van der Waals surface area contributed by atoms with Crippen LogP contribution in [0.1, 0.15) is 93.9 Å². The van der Waals surface area contributed by atoms with E-state index < -0.39 is 5.92 Å². The minimum absolute atomic E-state index is 0.0716. The molecule has 0 N–H and O–H groups in total. The molecule has 0 spiro atoms. The molecular weight excluding hydrogens is 356 g/mol. The molecule has 1 rings (SSSR count). The molecule has 29 heavy (non-hydrogen) atoms. The van der Waals surface area contributed by atoms with Crippen LogP contribution in [0, 0.1) is 35.0 Å². The number of allylic oxidation sites excluding steroid dienone is 4. The summed E-state index contributed by atoms with van der Waals surface area (Å²) in [4.78, 5) is 15.3. The van der Waals surface area contributed by atoms with Gasteiger partial charge in [0.1, 0.15) is 5.92 Å². The Morgan fingerprint density at radius 1 is 1.14 bits per heavy atom. The summed E-state index contributed by atoms with van der Waals surface area (Å²) in [6.07, 6.45) is 9.93. The third-order valence-electron chi connectivity index (χ3n) is 5.81. The highest BCUT2D eigenvalue weighted by Gasteiger charge is 2.29. The van der Waals surface area contributed by atoms with E-state index in [1.165, 1.54) is 5.70 Å². The molecule has 0 bridgehead atoms. The zero-order chi connectivity index (χ0) is 22.1. The third kappa shape index (κ3) is 8.00. The summed E-state index contributed by atoms with van der Waals surface area (Å²) in [5.41, 5.74) is 2.22. The van der Waals surface area contributed by atoms with E-state index >= 15 is 0 Å². The summed E-state index contributed by atoms with van der Waals surface area (Å²) in [6.45, 7) is 18.1. The number of ketones is 1. The minimum Gasteiger partial charge on any atom is -0.369 e. The molecule has 0 radical (unpaired) electrons. The lowest BCUT2D eigenvalue weighted by Gasteiger charge is -2.42. The number of nitriles is 1. The van der Waals surface area contributed by atoms with Crippen molar-refractivity contribution in [1.82, 2.24) is 4.90 Å². The molecule has 0 aromatic rings. The third-order valence-corrected chi connectivity index (χ3v) is 5.81. The Morgan fingerprint density at radius 2 is 1.69 bits per heavy atom. The number of nitrogens with zero attached hydrogens (tertiary/aromatic N) is 2. The average molecular weight is 401 g/mol. The van der Waals surface area contributed by atoms with Gasteiger partial charge in [-0.25, -0.2) is 0 Å². The Labute approximate surface area is 180 Å². The van der Waals surface area contributed by atoms with Gasteiger partial charge in [0, 0.05) is 24.2 Å². The maximum Gasteiger partial charge on any atom is 0.154 e. The molecule has 0 amide bonds. The first-order valence-electron chi connectivity index (χ1n) is 11.7. The predicted octanol–water partition coefficient (Wildman–Crippen LogP) is 6.91. The first-order valence-corrected chi connectivity index (χ1v) is 11.7. The van der Waals surface area contributed by atoms with Gasteiger partial charge in [-0.2, -0.15) is 5.26 Å². The first kappa shape index (κ1) is 25.5. The number of Topliss-reactive ketones (excluding diaryl/α,β-unsaturated/α-hetero) is 1. The van der Waals surface area contributed by atoms with Crippen LogP contribution in [0.25, 0.3) is 0 Å². The molecule has 0 saturated carbocycles. The first-order chi connectivity index (χ1) is 13.6. The van der Waals surface area contributed by atoms with Crippen LogP contribution in [0.5, 0.6) is 0 Å². The molecule has 0 aliphatic heterocycles. The van der Waals surface area contributed by atoms with Gasteiger partial charge in [0.25, 0.3) is 0 Å². The number of hydrogen-bond donors (Lipinski definition) is 0. The Balaban J connectivity index is 3.24. The summed E-state index contributed by atoms with van der Waals surface area (Å²) in [5, 5.41) is 9.76. The molecule has 0 fully saturated rings. The lowest BCUT2D eigenvalue weighted by atomic mass is 9.84. The molecule has 4 unspecified atom stereocenters. The van der Waals surface area contributed by atoms with Crippen LogP contribution >= 0.6 is 0 Å². The van der Waals surface area contributed by atoms with Gasteiger partial charge in [-0.1, -0.05) is 54.0 Å². The zero-order valence-corrected chi connectivity index (χ0v) is 20.2. The van der Waals surface area contributed by atoms with Crippen LogP contribution in [0.3, 0.4) is 0 Å². The summed E-state index contributed by atoms with van der Waals surface area (Å²) >= 11 is 0. The topological polar surface area (TPSA) is 44.1 Å². The zero-order valence-electron chi connectivity index (χ0n) is 20.2. The van der Waals surface area contributed by atoms with E-state index in [0.717, 1.165) is 37.7 Å². The predicted molar refractivity (Wildman–Crippen MR) is 123 cm³/mol. The fraction of sp³-hybridized carbons (Fsp3) is 0.769. The van der Waals surface area contributed by atoms with Gasteiger partial charge in [0.2, 0.25) is 0 Å². The average Bonchev–Trinajstić information content (AvgIpc) is 2.59. The van der Waals surface area contributed by atoms with E-state index in [2.05, 4.69) is 78.5 Å². The van der Waals surface area contributed by atoms with E-state index in [1.807, 2.05) is 0 Å². The van der Waals surface area contributed by atoms with Crippen molar-refractivity contribution in [1.29, 1.82) is 5.26 Å². The molecule has 3 heteroatoms. The Hall–Kier alpha value is -1.56. The Kier molecular flexibility index (Phi) is 10.7. The molecule has 1 aliphatic carbocycles. The second-order valence-electron chi connectivity index (χ2n) is 9.98. The fourth-order valence-corrected chi connectivity index (χ4v) is 4.80. The molecule has 0 saturated heterocycles. The summed E-state index contributed by atoms with van der Waals surface area (Å²) < 4.78 is 0. The standard InChI is InChI=1S/C26H44N2O/c1-9-10-11-26(29)25(17-27)23-14-20(6)15-24(16-23)28(21(7)12-18(2)3)22(8)13-19(4)5/h14,16,18-22,25H,9-13,15H2,1-8H3. The van der Waals surface area contributed by atoms with Crippen molar-refractivity contribution in [2.75, 3.05) is 0 Å². The van der Waals surface area contributed by atoms with Gasteiger partial charge < -0.3 is 4.90 Å². The summed E-state index contributed by atoms with van der Waals surface area (Å²) in [5.74, 6) is 1.07. The van der Waals surface area contributed by atoms with E-state index in [-0.39, 0.29) is 5.78 Å². The van der Waals surface area contributed by atoms with Gasteiger partial charge in [-0.3, -0.25) is 4.79 Å². The lowest BCUT2D eigenvalue weighted by Crippen LogP contribution is -2.42. The van der Waals surface area contributed by atoms with E-state index in [0.29, 0.717) is 36.3 Å². The smallest absolute Gasteiger partial charge is 0.154 e. The van der Waals surface area contributed by atoms with Crippen LogP contribution < -0.4 is 0 Å². The van der Waals surface area contributed by atoms with Gasteiger partial charge >= 0.3 is 0 Å². The maximum atomic E-state index is 12.7. The van der Waals surface area contributed by atoms with Gasteiger partial charge in [0.05, 0.1) is 6.07 Å². The van der Waals surface area contributed by atoms with E-state index in [1.54, 1.807) is 0 Å². The van der Waals surface area contributed by atoms with E-state index in [9.17, 15) is 10.1 Å². The maximum absolute atomic E-state index is 12.7. The highest BCUT2D eigenvalue weighted by atomic mass is 16.1. The summed E-state index contributed by atoms with van der Waals surface area (Å²) in [6, 6.07) is 3.19. The van der Waals surface area contributed by atoms with Crippen LogP contribution in [0.15, 0.2) is 23.4 Å². The second kappa shape index (κ2) is 12.2. The molecule has 0 heterocycles. The molecule has 3 nitrogen and oxygen atoms in total. The SMILES string of the molecule is CCCCC(=O)C(C#N)C1=CC(C)CC(N(C(C)CC(C)C)C(C)CC(C)C)=C1. The van der Waals surface area contributed by atoms with Gasteiger partial charge in [-0.05, 0) is 68.9 Å². The van der Waals surface area contributed by atoms with Crippen LogP contribution in [-0.2, 0) is 4.79 Å². The molecular formula is C26H44N2O. The fourth-order valence-electron chi connectivity index (χ4n) is 4.80. The van der Waals surface area contributed by atoms with Crippen molar-refractivity contribution in [3.05, 3.63) is 23.4 Å². The van der Waals surface area contributed by atoms with Crippen molar-refractivity contribution >= 4 is 5.78 Å². The van der Waals surface area contributed by atoms with Gasteiger partial charge in [-0.15, -0.1) is 0 Å². The molecule has 164 valence electrons. The monoisotopic (exact) mass is 400 g/mol. The van der Waals surface area contributed by atoms with Crippen LogP contribution in [0.4, 0.5) is 0 Å². The molecule has 4 atom stereocenters. The van der Waals surface area contributed by atoms with Crippen LogP contribution in [-0.4, -0.2) is 22.8 Å². The normalized spacial score (nSPS) is 20.0. The molecule has 1 aliphatic rings. The highest BCUT2D eigenvalue weighted by Crippen LogP contribution is 2.34. The Morgan fingerprint density at radius 3 is 2.14 bits per heavy atom. The number of hydrogen-bond acceptors (Lipinski definition) is 3. The van der Waals surface area contributed by atoms with Crippen molar-refractivity contribution in [2.24, 2.45) is 23.7 Å². The number of carbonyl (C=O) groups excluding carboxylic acids is 1. The van der Waals surface area contributed by atoms with Crippen molar-refractivity contribution < 1.29 is 4.79 Å². The lowest BCUT2D eigenvalue weighted by molar-refractivity contribution is -0.120.